The zero-order chi connectivity index (χ0) is 15.2. The second kappa shape index (κ2) is 8.60. The van der Waals surface area contributed by atoms with E-state index in [2.05, 4.69) is 20.8 Å². The molecule has 0 aliphatic heterocycles. The molecule has 1 heterocycles. The number of benzene rings is 1. The first-order valence-electron chi connectivity index (χ1n) is 7.02. The molecule has 7 heteroatoms. The molecule has 22 heavy (non-hydrogen) atoms. The van der Waals surface area contributed by atoms with Crippen molar-refractivity contribution in [3.63, 3.8) is 0 Å². The van der Waals surface area contributed by atoms with Gasteiger partial charge in [0.05, 0.1) is 12.6 Å². The van der Waals surface area contributed by atoms with Crippen molar-refractivity contribution in [2.75, 3.05) is 19.0 Å². The molecule has 0 saturated carbocycles. The molecule has 2 rings (SSSR count). The van der Waals surface area contributed by atoms with Gasteiger partial charge in [-0.3, -0.25) is 0 Å². The average molecular weight is 327 g/mol. The summed E-state index contributed by atoms with van der Waals surface area (Å²) in [5.41, 5.74) is 2.27. The summed E-state index contributed by atoms with van der Waals surface area (Å²) in [7, 11) is 1.83. The molecule has 1 atom stereocenters. The summed E-state index contributed by atoms with van der Waals surface area (Å²) in [5, 5.41) is 14.0. The fraction of sp³-hybridized carbons (Fsp3) is 0.467. The van der Waals surface area contributed by atoms with E-state index in [9.17, 15) is 0 Å². The van der Waals surface area contributed by atoms with E-state index in [0.717, 1.165) is 16.9 Å². The number of hydrogen-bond acceptors (Lipinski definition) is 6. The van der Waals surface area contributed by atoms with E-state index in [1.54, 1.807) is 0 Å². The van der Waals surface area contributed by atoms with E-state index in [4.69, 9.17) is 9.15 Å². The maximum atomic E-state index is 5.89. The Hall–Kier alpha value is -1.79. The summed E-state index contributed by atoms with van der Waals surface area (Å²) in [6.45, 7) is 7.18. The molecule has 0 amide bonds. The van der Waals surface area contributed by atoms with Gasteiger partial charge in [0.25, 0.3) is 0 Å². The highest BCUT2D eigenvalue weighted by molar-refractivity contribution is 5.85. The first-order valence-corrected chi connectivity index (χ1v) is 7.02. The van der Waals surface area contributed by atoms with Gasteiger partial charge in [-0.15, -0.1) is 17.5 Å². The minimum atomic E-state index is 0. The maximum absolute atomic E-state index is 5.89. The molecule has 1 unspecified atom stereocenters. The molecule has 1 aromatic carbocycles. The van der Waals surface area contributed by atoms with Crippen molar-refractivity contribution >= 4 is 18.4 Å². The van der Waals surface area contributed by atoms with Gasteiger partial charge in [-0.05, 0) is 38.9 Å². The number of rotatable bonds is 7. The lowest BCUT2D eigenvalue weighted by molar-refractivity contribution is 0.297. The van der Waals surface area contributed by atoms with E-state index >= 15 is 0 Å². The Labute approximate surface area is 137 Å². The SMILES string of the molecule is CNCc1nnc(NC(C)COc2c(C)cccc2C)o1.Cl. The smallest absolute Gasteiger partial charge is 0.315 e. The number of anilines is 1. The van der Waals surface area contributed by atoms with E-state index in [0.29, 0.717) is 25.1 Å². The van der Waals surface area contributed by atoms with Gasteiger partial charge < -0.3 is 19.8 Å². The third-order valence-corrected chi connectivity index (χ3v) is 3.05. The molecule has 6 nitrogen and oxygen atoms in total. The standard InChI is InChI=1S/C15H22N4O2.ClH/c1-10-6-5-7-11(2)14(10)20-9-12(3)17-15-19-18-13(21-15)8-16-4;/h5-7,12,16H,8-9H2,1-4H3,(H,17,19);1H. The van der Waals surface area contributed by atoms with Crippen LogP contribution in [0.4, 0.5) is 6.01 Å². The number of nitrogens with one attached hydrogen (secondary N) is 2. The van der Waals surface area contributed by atoms with Gasteiger partial charge in [-0.25, -0.2) is 0 Å². The highest BCUT2D eigenvalue weighted by atomic mass is 35.5. The highest BCUT2D eigenvalue weighted by Gasteiger charge is 2.11. The summed E-state index contributed by atoms with van der Waals surface area (Å²) < 4.78 is 11.3. The average Bonchev–Trinajstić information content (AvgIpc) is 2.86. The summed E-state index contributed by atoms with van der Waals surface area (Å²) in [6.07, 6.45) is 0. The van der Waals surface area contributed by atoms with Crippen molar-refractivity contribution in [3.8, 4) is 5.75 Å². The number of ether oxygens (including phenoxy) is 1. The minimum absolute atomic E-state index is 0. The molecule has 0 radical (unpaired) electrons. The molecule has 0 saturated heterocycles. The first kappa shape index (κ1) is 18.3. The normalized spacial score (nSPS) is 11.6. The Morgan fingerprint density at radius 2 is 1.91 bits per heavy atom. The Morgan fingerprint density at radius 3 is 2.55 bits per heavy atom. The largest absolute Gasteiger partial charge is 0.491 e. The number of hydrogen-bond donors (Lipinski definition) is 2. The quantitative estimate of drug-likeness (QED) is 0.815. The minimum Gasteiger partial charge on any atom is -0.491 e. The van der Waals surface area contributed by atoms with E-state index in [1.807, 2.05) is 46.0 Å². The number of nitrogens with zero attached hydrogens (tertiary/aromatic N) is 2. The fourth-order valence-corrected chi connectivity index (χ4v) is 2.02. The van der Waals surface area contributed by atoms with Crippen LogP contribution in [0.15, 0.2) is 22.6 Å². The van der Waals surface area contributed by atoms with Crippen LogP contribution < -0.4 is 15.4 Å². The van der Waals surface area contributed by atoms with Gasteiger partial charge in [0.15, 0.2) is 0 Å². The van der Waals surface area contributed by atoms with Crippen molar-refractivity contribution in [2.24, 2.45) is 0 Å². The van der Waals surface area contributed by atoms with Crippen LogP contribution in [-0.2, 0) is 6.54 Å². The predicted octanol–water partition coefficient (Wildman–Crippen LogP) is 2.71. The first-order chi connectivity index (χ1) is 10.1. The lowest BCUT2D eigenvalue weighted by Gasteiger charge is -2.16. The second-order valence-corrected chi connectivity index (χ2v) is 5.11. The van der Waals surface area contributed by atoms with Crippen LogP contribution >= 0.6 is 12.4 Å². The van der Waals surface area contributed by atoms with E-state index in [1.165, 1.54) is 0 Å². The summed E-state index contributed by atoms with van der Waals surface area (Å²) >= 11 is 0. The van der Waals surface area contributed by atoms with Crippen molar-refractivity contribution < 1.29 is 9.15 Å². The highest BCUT2D eigenvalue weighted by Crippen LogP contribution is 2.22. The molecule has 0 fully saturated rings. The van der Waals surface area contributed by atoms with Crippen LogP contribution in [0.2, 0.25) is 0 Å². The van der Waals surface area contributed by atoms with Crippen molar-refractivity contribution in [1.29, 1.82) is 0 Å². The number of aromatic nitrogens is 2. The number of para-hydroxylation sites is 1. The molecule has 2 aromatic rings. The Morgan fingerprint density at radius 1 is 1.23 bits per heavy atom. The summed E-state index contributed by atoms with van der Waals surface area (Å²) in [5.74, 6) is 1.50. The molecular weight excluding hydrogens is 304 g/mol. The predicted molar refractivity (Wildman–Crippen MR) is 88.8 cm³/mol. The van der Waals surface area contributed by atoms with Crippen LogP contribution in [0.1, 0.15) is 23.9 Å². The monoisotopic (exact) mass is 326 g/mol. The van der Waals surface area contributed by atoms with E-state index in [-0.39, 0.29) is 18.4 Å². The molecule has 0 spiro atoms. The lowest BCUT2D eigenvalue weighted by Crippen LogP contribution is -2.24. The third-order valence-electron chi connectivity index (χ3n) is 3.05. The molecule has 0 bridgehead atoms. The zero-order valence-corrected chi connectivity index (χ0v) is 14.2. The second-order valence-electron chi connectivity index (χ2n) is 5.11. The van der Waals surface area contributed by atoms with E-state index < -0.39 is 0 Å². The maximum Gasteiger partial charge on any atom is 0.315 e. The van der Waals surface area contributed by atoms with Gasteiger partial charge in [-0.2, -0.15) is 0 Å². The van der Waals surface area contributed by atoms with Gasteiger partial charge in [0.1, 0.15) is 12.4 Å². The van der Waals surface area contributed by atoms with Gasteiger partial charge >= 0.3 is 6.01 Å². The number of aryl methyl sites for hydroxylation is 2. The Kier molecular flexibility index (Phi) is 7.14. The zero-order valence-electron chi connectivity index (χ0n) is 13.3. The van der Waals surface area contributed by atoms with Gasteiger partial charge in [-0.1, -0.05) is 23.3 Å². The van der Waals surface area contributed by atoms with Crippen LogP contribution in [-0.4, -0.2) is 29.9 Å². The Bertz CT molecular complexity index is 568. The molecular formula is C15H23ClN4O2. The van der Waals surface area contributed by atoms with Crippen molar-refractivity contribution in [3.05, 3.63) is 35.2 Å². The van der Waals surface area contributed by atoms with Crippen molar-refractivity contribution in [2.45, 2.75) is 33.4 Å². The topological polar surface area (TPSA) is 72.2 Å². The van der Waals surface area contributed by atoms with Crippen molar-refractivity contribution in [1.82, 2.24) is 15.5 Å². The van der Waals surface area contributed by atoms with Crippen LogP contribution in [0.3, 0.4) is 0 Å². The van der Waals surface area contributed by atoms with Crippen LogP contribution in [0.25, 0.3) is 0 Å². The third kappa shape index (κ3) is 4.89. The summed E-state index contributed by atoms with van der Waals surface area (Å²) in [6, 6.07) is 6.59. The molecule has 0 aliphatic rings. The molecule has 2 N–H and O–H groups in total. The van der Waals surface area contributed by atoms with Crippen LogP contribution in [0, 0.1) is 13.8 Å². The number of halogens is 1. The lowest BCUT2D eigenvalue weighted by atomic mass is 10.1. The van der Waals surface area contributed by atoms with Gasteiger partial charge in [0, 0.05) is 0 Å². The van der Waals surface area contributed by atoms with Gasteiger partial charge in [0.2, 0.25) is 5.89 Å². The molecule has 122 valence electrons. The molecule has 1 aromatic heterocycles. The summed E-state index contributed by atoms with van der Waals surface area (Å²) in [4.78, 5) is 0. The molecule has 0 aliphatic carbocycles. The fourth-order valence-electron chi connectivity index (χ4n) is 2.02. The van der Waals surface area contributed by atoms with Crippen LogP contribution in [0.5, 0.6) is 5.75 Å². The Balaban J connectivity index is 0.00000242.